The number of imidazole rings is 1. The summed E-state index contributed by atoms with van der Waals surface area (Å²) in [5.74, 6) is -0.899. The summed E-state index contributed by atoms with van der Waals surface area (Å²) in [4.78, 5) is 45.2. The SMILES string of the molecule is COCC(=O)Nc1cc(C(=O)N2CCN(C(C)=O)CC2)c2c(c1)ncn2Cc1ccc(F)cc1. The van der Waals surface area contributed by atoms with Crippen molar-refractivity contribution in [2.24, 2.45) is 0 Å². The minimum Gasteiger partial charge on any atom is -0.375 e. The summed E-state index contributed by atoms with van der Waals surface area (Å²) in [5, 5.41) is 2.74. The van der Waals surface area contributed by atoms with Gasteiger partial charge in [0, 0.05) is 52.4 Å². The van der Waals surface area contributed by atoms with Crippen molar-refractivity contribution in [2.75, 3.05) is 45.2 Å². The van der Waals surface area contributed by atoms with E-state index in [-0.39, 0.29) is 30.1 Å². The summed E-state index contributed by atoms with van der Waals surface area (Å²) in [5.41, 5.74) is 2.84. The second-order valence-corrected chi connectivity index (χ2v) is 8.17. The second kappa shape index (κ2) is 10.0. The molecule has 1 N–H and O–H groups in total. The van der Waals surface area contributed by atoms with Crippen LogP contribution in [0.2, 0.25) is 0 Å². The van der Waals surface area contributed by atoms with Crippen molar-refractivity contribution >= 4 is 34.4 Å². The highest BCUT2D eigenvalue weighted by atomic mass is 19.1. The predicted octanol–water partition coefficient (Wildman–Crippen LogP) is 2.11. The zero-order chi connectivity index (χ0) is 24.2. The fourth-order valence-electron chi connectivity index (χ4n) is 4.07. The minimum absolute atomic E-state index is 0.0188. The molecule has 9 nitrogen and oxygen atoms in total. The Bertz CT molecular complexity index is 1220. The molecule has 178 valence electrons. The molecule has 0 aliphatic carbocycles. The third kappa shape index (κ3) is 5.07. The number of ether oxygens (including phenoxy) is 1. The van der Waals surface area contributed by atoms with Gasteiger partial charge in [0.05, 0.1) is 22.9 Å². The zero-order valence-corrected chi connectivity index (χ0v) is 19.1. The van der Waals surface area contributed by atoms with Crippen molar-refractivity contribution in [3.8, 4) is 0 Å². The fourth-order valence-corrected chi connectivity index (χ4v) is 4.07. The maximum absolute atomic E-state index is 13.6. The summed E-state index contributed by atoms with van der Waals surface area (Å²) >= 11 is 0. The molecule has 1 aliphatic heterocycles. The van der Waals surface area contributed by atoms with E-state index in [4.69, 9.17) is 4.74 Å². The lowest BCUT2D eigenvalue weighted by Crippen LogP contribution is -2.50. The molecule has 10 heteroatoms. The van der Waals surface area contributed by atoms with Crippen LogP contribution in [0.5, 0.6) is 0 Å². The highest BCUT2D eigenvalue weighted by molar-refractivity contribution is 6.07. The number of benzene rings is 2. The van der Waals surface area contributed by atoms with E-state index >= 15 is 0 Å². The van der Waals surface area contributed by atoms with Crippen LogP contribution in [-0.2, 0) is 20.9 Å². The maximum atomic E-state index is 13.6. The highest BCUT2D eigenvalue weighted by Gasteiger charge is 2.26. The number of aromatic nitrogens is 2. The van der Waals surface area contributed by atoms with E-state index in [1.807, 2.05) is 4.57 Å². The molecule has 4 rings (SSSR count). The molecule has 2 heterocycles. The molecule has 0 bridgehead atoms. The molecule has 1 fully saturated rings. The Morgan fingerprint density at radius 1 is 1.06 bits per heavy atom. The van der Waals surface area contributed by atoms with E-state index in [0.717, 1.165) is 5.56 Å². The first-order valence-corrected chi connectivity index (χ1v) is 10.9. The third-order valence-electron chi connectivity index (χ3n) is 5.78. The molecular weight excluding hydrogens is 441 g/mol. The molecule has 3 aromatic rings. The molecule has 1 saturated heterocycles. The number of rotatable bonds is 6. The molecule has 0 unspecified atom stereocenters. The number of methoxy groups -OCH3 is 1. The lowest BCUT2D eigenvalue weighted by atomic mass is 10.1. The van der Waals surface area contributed by atoms with Gasteiger partial charge in [-0.25, -0.2) is 9.37 Å². The lowest BCUT2D eigenvalue weighted by molar-refractivity contribution is -0.130. The van der Waals surface area contributed by atoms with Crippen LogP contribution in [0.25, 0.3) is 11.0 Å². The van der Waals surface area contributed by atoms with Crippen molar-refractivity contribution in [2.45, 2.75) is 13.5 Å². The van der Waals surface area contributed by atoms with Gasteiger partial charge in [0.2, 0.25) is 11.8 Å². The van der Waals surface area contributed by atoms with E-state index < -0.39 is 0 Å². The van der Waals surface area contributed by atoms with Gasteiger partial charge in [0.15, 0.2) is 0 Å². The first-order valence-electron chi connectivity index (χ1n) is 10.9. The third-order valence-corrected chi connectivity index (χ3v) is 5.78. The number of fused-ring (bicyclic) bond motifs is 1. The van der Waals surface area contributed by atoms with Gasteiger partial charge < -0.3 is 24.4 Å². The van der Waals surface area contributed by atoms with E-state index in [2.05, 4.69) is 10.3 Å². The fraction of sp³-hybridized carbons (Fsp3) is 0.333. The van der Waals surface area contributed by atoms with Crippen LogP contribution < -0.4 is 5.32 Å². The van der Waals surface area contributed by atoms with Crippen molar-refractivity contribution in [3.05, 3.63) is 59.7 Å². The van der Waals surface area contributed by atoms with Crippen molar-refractivity contribution in [1.82, 2.24) is 19.4 Å². The predicted molar refractivity (Wildman–Crippen MR) is 124 cm³/mol. The molecule has 2 aromatic carbocycles. The molecule has 0 atom stereocenters. The monoisotopic (exact) mass is 467 g/mol. The van der Waals surface area contributed by atoms with Gasteiger partial charge in [0.25, 0.3) is 5.91 Å². The zero-order valence-electron chi connectivity index (χ0n) is 19.1. The Hall–Kier alpha value is -3.79. The number of nitrogens with zero attached hydrogens (tertiary/aromatic N) is 4. The molecule has 0 saturated carbocycles. The number of piperazine rings is 1. The van der Waals surface area contributed by atoms with Crippen LogP contribution in [0.3, 0.4) is 0 Å². The van der Waals surface area contributed by atoms with Gasteiger partial charge >= 0.3 is 0 Å². The molecule has 34 heavy (non-hydrogen) atoms. The summed E-state index contributed by atoms with van der Waals surface area (Å²) in [7, 11) is 1.43. The standard InChI is InChI=1S/C24H26FN5O4/c1-16(31)28-7-9-29(10-8-28)24(33)20-11-19(27-22(32)14-34-2)12-21-23(20)30(15-26-21)13-17-3-5-18(25)6-4-17/h3-6,11-12,15H,7-10,13-14H2,1-2H3,(H,27,32). The Balaban J connectivity index is 1.70. The smallest absolute Gasteiger partial charge is 0.256 e. The molecule has 3 amide bonds. The Kier molecular flexibility index (Phi) is 6.87. The second-order valence-electron chi connectivity index (χ2n) is 8.17. The first kappa shape index (κ1) is 23.4. The number of halogens is 1. The average Bonchev–Trinajstić information content (AvgIpc) is 3.22. The van der Waals surface area contributed by atoms with Crippen LogP contribution in [0.4, 0.5) is 10.1 Å². The maximum Gasteiger partial charge on any atom is 0.256 e. The number of hydrogen-bond donors (Lipinski definition) is 1. The lowest BCUT2D eigenvalue weighted by Gasteiger charge is -2.34. The van der Waals surface area contributed by atoms with E-state index in [1.54, 1.807) is 40.4 Å². The van der Waals surface area contributed by atoms with Crippen molar-refractivity contribution in [1.29, 1.82) is 0 Å². The van der Waals surface area contributed by atoms with E-state index in [0.29, 0.717) is 55.0 Å². The summed E-state index contributed by atoms with van der Waals surface area (Å²) < 4.78 is 20.1. The van der Waals surface area contributed by atoms with Crippen LogP contribution in [-0.4, -0.2) is 77.0 Å². The van der Waals surface area contributed by atoms with Gasteiger partial charge in [-0.05, 0) is 29.8 Å². The number of amides is 3. The highest BCUT2D eigenvalue weighted by Crippen LogP contribution is 2.26. The van der Waals surface area contributed by atoms with E-state index in [9.17, 15) is 18.8 Å². The Labute approximate surface area is 196 Å². The van der Waals surface area contributed by atoms with Crippen LogP contribution in [0, 0.1) is 5.82 Å². The van der Waals surface area contributed by atoms with Crippen LogP contribution in [0.1, 0.15) is 22.8 Å². The summed E-state index contributed by atoms with van der Waals surface area (Å²) in [6.45, 7) is 3.53. The summed E-state index contributed by atoms with van der Waals surface area (Å²) in [6, 6.07) is 9.48. The number of hydrogen-bond acceptors (Lipinski definition) is 5. The Morgan fingerprint density at radius 2 is 1.74 bits per heavy atom. The average molecular weight is 468 g/mol. The van der Waals surface area contributed by atoms with Gasteiger partial charge in [-0.1, -0.05) is 12.1 Å². The van der Waals surface area contributed by atoms with Gasteiger partial charge in [-0.15, -0.1) is 0 Å². The molecule has 0 radical (unpaired) electrons. The quantitative estimate of drug-likeness (QED) is 0.599. The van der Waals surface area contributed by atoms with Crippen molar-refractivity contribution in [3.63, 3.8) is 0 Å². The first-order chi connectivity index (χ1) is 16.4. The number of carbonyl (C=O) groups is 3. The van der Waals surface area contributed by atoms with Gasteiger partial charge in [-0.2, -0.15) is 0 Å². The molecule has 0 spiro atoms. The van der Waals surface area contributed by atoms with Crippen LogP contribution >= 0.6 is 0 Å². The normalized spacial score (nSPS) is 13.9. The topological polar surface area (TPSA) is 96.8 Å². The van der Waals surface area contributed by atoms with Gasteiger partial charge in [0.1, 0.15) is 12.4 Å². The number of anilines is 1. The molecule has 1 aromatic heterocycles. The molecular formula is C24H26FN5O4. The van der Waals surface area contributed by atoms with E-state index in [1.165, 1.54) is 26.2 Å². The van der Waals surface area contributed by atoms with Crippen molar-refractivity contribution < 1.29 is 23.5 Å². The number of carbonyl (C=O) groups excluding carboxylic acids is 3. The molecule has 1 aliphatic rings. The largest absolute Gasteiger partial charge is 0.375 e. The van der Waals surface area contributed by atoms with Crippen LogP contribution in [0.15, 0.2) is 42.7 Å². The number of nitrogens with one attached hydrogen (secondary N) is 1. The minimum atomic E-state index is -0.346. The van der Waals surface area contributed by atoms with Gasteiger partial charge in [-0.3, -0.25) is 14.4 Å². The Morgan fingerprint density at radius 3 is 2.38 bits per heavy atom. The summed E-state index contributed by atoms with van der Waals surface area (Å²) in [6.07, 6.45) is 1.62.